The molecule has 0 heterocycles. The fraction of sp³-hybridized carbons (Fsp3) is 0. The number of nitrogens with one attached hydrogen (secondary N) is 1. The van der Waals surface area contributed by atoms with Crippen molar-refractivity contribution in [3.8, 4) is 6.07 Å². The highest BCUT2D eigenvalue weighted by Crippen LogP contribution is 2.30. The molecule has 3 nitrogen and oxygen atoms in total. The number of rotatable bonds is 1. The molecule has 0 spiro atoms. The topological polar surface area (TPSA) is 61.8 Å². The van der Waals surface area contributed by atoms with Gasteiger partial charge in [0.2, 0.25) is 0 Å². The summed E-state index contributed by atoms with van der Waals surface area (Å²) in [5.41, 5.74) is 6.11. The van der Waals surface area contributed by atoms with E-state index in [1.165, 1.54) is 0 Å². The van der Waals surface area contributed by atoms with Gasteiger partial charge in [-0.15, -0.1) is 0 Å². The van der Waals surface area contributed by atoms with Crippen molar-refractivity contribution < 1.29 is 0 Å². The normalized spacial score (nSPS) is 9.21. The van der Waals surface area contributed by atoms with E-state index < -0.39 is 0 Å². The van der Waals surface area contributed by atoms with E-state index in [0.29, 0.717) is 20.7 Å². The fourth-order valence-electron chi connectivity index (χ4n) is 0.897. The van der Waals surface area contributed by atoms with Crippen molar-refractivity contribution in [3.05, 3.63) is 27.2 Å². The smallest absolute Gasteiger partial charge is 0.168 e. The highest BCUT2D eigenvalue weighted by atomic mass is 79.9. The molecule has 3 N–H and O–H groups in total. The monoisotopic (exact) mass is 289 g/mol. The molecule has 1 rings (SSSR count). The first-order valence-corrected chi connectivity index (χ1v) is 5.08. The summed E-state index contributed by atoms with van der Waals surface area (Å²) in [5.74, 6) is 0. The third-order valence-electron chi connectivity index (χ3n) is 1.46. The van der Waals surface area contributed by atoms with E-state index in [-0.39, 0.29) is 5.11 Å². The molecule has 14 heavy (non-hydrogen) atoms. The molecule has 0 aliphatic carbocycles. The molecule has 0 fully saturated rings. The number of nitriles is 1. The van der Waals surface area contributed by atoms with Crippen molar-refractivity contribution in [2.45, 2.75) is 0 Å². The van der Waals surface area contributed by atoms with Crippen molar-refractivity contribution in [1.82, 2.24) is 0 Å². The van der Waals surface area contributed by atoms with Crippen molar-refractivity contribution in [2.24, 2.45) is 5.73 Å². The summed E-state index contributed by atoms with van der Waals surface area (Å²) in [6.45, 7) is 0. The highest BCUT2D eigenvalue weighted by molar-refractivity contribution is 9.10. The molecule has 1 aromatic carbocycles. The quantitative estimate of drug-likeness (QED) is 0.781. The van der Waals surface area contributed by atoms with Crippen molar-refractivity contribution >= 4 is 50.5 Å². The minimum atomic E-state index is 0.0971. The Morgan fingerprint density at radius 2 is 2.29 bits per heavy atom. The van der Waals surface area contributed by atoms with E-state index >= 15 is 0 Å². The molecule has 0 bridgehead atoms. The Labute approximate surface area is 100.0 Å². The molecule has 0 aliphatic heterocycles. The van der Waals surface area contributed by atoms with Gasteiger partial charge in [0.25, 0.3) is 0 Å². The van der Waals surface area contributed by atoms with Crippen LogP contribution >= 0.6 is 39.7 Å². The summed E-state index contributed by atoms with van der Waals surface area (Å²) in [7, 11) is 0. The summed E-state index contributed by atoms with van der Waals surface area (Å²) in [6, 6.07) is 5.36. The van der Waals surface area contributed by atoms with Crippen molar-refractivity contribution in [1.29, 1.82) is 5.26 Å². The van der Waals surface area contributed by atoms with Crippen LogP contribution in [0.2, 0.25) is 5.02 Å². The predicted octanol–water partition coefficient (Wildman–Crippen LogP) is 2.63. The largest absolute Gasteiger partial charge is 0.376 e. The minimum absolute atomic E-state index is 0.0971. The lowest BCUT2D eigenvalue weighted by Crippen LogP contribution is -2.19. The third kappa shape index (κ3) is 2.35. The number of nitrogens with two attached hydrogens (primary N) is 1. The zero-order valence-corrected chi connectivity index (χ0v) is 10.0. The van der Waals surface area contributed by atoms with Crippen molar-refractivity contribution in [2.75, 3.05) is 5.32 Å². The SMILES string of the molecule is N#Cc1c(NC(N)=S)ccc(Br)c1Cl. The molecule has 1 aromatic rings. The van der Waals surface area contributed by atoms with Gasteiger partial charge in [-0.3, -0.25) is 0 Å². The number of hydrogen-bond donors (Lipinski definition) is 2. The molecule has 0 aromatic heterocycles. The second kappa shape index (κ2) is 4.60. The Hall–Kier alpha value is -0.830. The molecule has 0 unspecified atom stereocenters. The summed E-state index contributed by atoms with van der Waals surface area (Å²) in [5, 5.41) is 12.0. The van der Waals surface area contributed by atoms with Gasteiger partial charge in [-0.05, 0) is 40.3 Å². The van der Waals surface area contributed by atoms with Gasteiger partial charge in [0, 0.05) is 4.47 Å². The molecular formula is C8H5BrClN3S. The molecule has 72 valence electrons. The molecule has 0 radical (unpaired) electrons. The van der Waals surface area contributed by atoms with E-state index in [4.69, 9.17) is 22.6 Å². The number of nitrogens with zero attached hydrogens (tertiary/aromatic N) is 1. The molecule has 0 saturated heterocycles. The zero-order valence-electron chi connectivity index (χ0n) is 6.84. The second-order valence-corrected chi connectivity index (χ2v) is 4.06. The van der Waals surface area contributed by atoms with Gasteiger partial charge in [-0.2, -0.15) is 5.26 Å². The summed E-state index contributed by atoms with van der Waals surface area (Å²) in [6.07, 6.45) is 0. The molecule has 0 saturated carbocycles. The van der Waals surface area contributed by atoms with Crippen LogP contribution in [-0.4, -0.2) is 5.11 Å². The van der Waals surface area contributed by atoms with Gasteiger partial charge in [0.05, 0.1) is 16.3 Å². The van der Waals surface area contributed by atoms with Crippen LogP contribution in [0.4, 0.5) is 5.69 Å². The fourth-order valence-corrected chi connectivity index (χ4v) is 1.54. The third-order valence-corrected chi connectivity index (χ3v) is 2.85. The summed E-state index contributed by atoms with van der Waals surface area (Å²) >= 11 is 13.8. The summed E-state index contributed by atoms with van der Waals surface area (Å²) < 4.78 is 0.657. The van der Waals surface area contributed by atoms with E-state index in [1.54, 1.807) is 12.1 Å². The van der Waals surface area contributed by atoms with E-state index in [1.807, 2.05) is 6.07 Å². The van der Waals surface area contributed by atoms with Gasteiger partial charge in [0.1, 0.15) is 6.07 Å². The Bertz CT molecular complexity index is 427. The molecule has 0 aliphatic rings. The van der Waals surface area contributed by atoms with Gasteiger partial charge < -0.3 is 11.1 Å². The van der Waals surface area contributed by atoms with Crippen LogP contribution < -0.4 is 11.1 Å². The minimum Gasteiger partial charge on any atom is -0.376 e. The number of hydrogen-bond acceptors (Lipinski definition) is 2. The van der Waals surface area contributed by atoms with E-state index in [0.717, 1.165) is 0 Å². The lowest BCUT2D eigenvalue weighted by atomic mass is 10.2. The number of thiocarbonyl (C=S) groups is 1. The summed E-state index contributed by atoms with van der Waals surface area (Å²) in [4.78, 5) is 0. The van der Waals surface area contributed by atoms with Gasteiger partial charge >= 0.3 is 0 Å². The number of benzene rings is 1. The maximum absolute atomic E-state index is 8.86. The van der Waals surface area contributed by atoms with Gasteiger partial charge in [-0.25, -0.2) is 0 Å². The second-order valence-electron chi connectivity index (χ2n) is 2.38. The van der Waals surface area contributed by atoms with Crippen LogP contribution in [0.1, 0.15) is 5.56 Å². The standard InChI is InChI=1S/C8H5BrClN3S/c9-5-1-2-6(13-8(12)14)4(3-11)7(5)10/h1-2H,(H3,12,13,14). The van der Waals surface area contributed by atoms with E-state index in [2.05, 4.69) is 33.5 Å². The molecule has 0 atom stereocenters. The Morgan fingerprint density at radius 1 is 1.64 bits per heavy atom. The van der Waals surface area contributed by atoms with Gasteiger partial charge in [-0.1, -0.05) is 11.6 Å². The molecule has 0 amide bonds. The number of halogens is 2. The van der Waals surface area contributed by atoms with E-state index in [9.17, 15) is 0 Å². The predicted molar refractivity (Wildman–Crippen MR) is 64.3 cm³/mol. The molecular weight excluding hydrogens is 286 g/mol. The lowest BCUT2D eigenvalue weighted by Gasteiger charge is -2.07. The molecule has 6 heteroatoms. The average molecular weight is 291 g/mol. The van der Waals surface area contributed by atoms with Gasteiger partial charge in [0.15, 0.2) is 5.11 Å². The van der Waals surface area contributed by atoms with Crippen LogP contribution in [0.15, 0.2) is 16.6 Å². The first-order chi connectivity index (χ1) is 6.56. The Kier molecular flexibility index (Phi) is 3.69. The maximum Gasteiger partial charge on any atom is 0.168 e. The zero-order chi connectivity index (χ0) is 10.7. The maximum atomic E-state index is 8.86. The van der Waals surface area contributed by atoms with Crippen LogP contribution in [0.3, 0.4) is 0 Å². The average Bonchev–Trinajstić information content (AvgIpc) is 2.11. The first kappa shape index (κ1) is 11.2. The van der Waals surface area contributed by atoms with Crippen LogP contribution in [-0.2, 0) is 0 Å². The lowest BCUT2D eigenvalue weighted by molar-refractivity contribution is 1.46. The first-order valence-electron chi connectivity index (χ1n) is 3.51. The highest BCUT2D eigenvalue weighted by Gasteiger charge is 2.09. The van der Waals surface area contributed by atoms with Crippen molar-refractivity contribution in [3.63, 3.8) is 0 Å². The Balaban J connectivity index is 3.26. The van der Waals surface area contributed by atoms with Crippen LogP contribution in [0, 0.1) is 11.3 Å². The Morgan fingerprint density at radius 3 is 2.79 bits per heavy atom. The number of anilines is 1. The van der Waals surface area contributed by atoms with Crippen LogP contribution in [0.25, 0.3) is 0 Å². The van der Waals surface area contributed by atoms with Crippen LogP contribution in [0.5, 0.6) is 0 Å².